The van der Waals surface area contributed by atoms with Gasteiger partial charge in [0.2, 0.25) is 0 Å². The van der Waals surface area contributed by atoms with Crippen LogP contribution in [0.5, 0.6) is 0 Å². The number of carboxylic acid groups (broad SMARTS) is 1. The summed E-state index contributed by atoms with van der Waals surface area (Å²) in [6, 6.07) is 11.6. The van der Waals surface area contributed by atoms with Crippen LogP contribution in [0.15, 0.2) is 49.1 Å². The van der Waals surface area contributed by atoms with E-state index in [0.717, 1.165) is 17.0 Å². The molecule has 0 saturated heterocycles. The van der Waals surface area contributed by atoms with Gasteiger partial charge in [-0.1, -0.05) is 29.8 Å². The van der Waals surface area contributed by atoms with Gasteiger partial charge in [0.15, 0.2) is 0 Å². The molecule has 0 aliphatic heterocycles. The van der Waals surface area contributed by atoms with Crippen molar-refractivity contribution in [3.63, 3.8) is 0 Å². The predicted octanol–water partition coefficient (Wildman–Crippen LogP) is 4.01. The van der Waals surface area contributed by atoms with Crippen molar-refractivity contribution >= 4 is 17.6 Å². The van der Waals surface area contributed by atoms with Gasteiger partial charge < -0.3 is 9.67 Å². The van der Waals surface area contributed by atoms with Crippen molar-refractivity contribution in [2.45, 2.75) is 19.4 Å². The number of aromatic nitrogens is 1. The molecule has 20 heavy (non-hydrogen) atoms. The molecule has 0 radical (unpaired) electrons. The Kier molecular flexibility index (Phi) is 4.64. The molecule has 0 amide bonds. The van der Waals surface area contributed by atoms with E-state index in [9.17, 15) is 4.79 Å². The molecular formula is C16H16ClNO2. The number of nitrogens with zero attached hydrogens (tertiary/aromatic N) is 1. The predicted molar refractivity (Wildman–Crippen MR) is 81.0 cm³/mol. The number of aryl methyl sites for hydroxylation is 1. The number of allylic oxidation sites excluding steroid dienone is 1. The fraction of sp³-hybridized carbons (Fsp3) is 0.188. The molecule has 0 saturated carbocycles. The van der Waals surface area contributed by atoms with Crippen molar-refractivity contribution in [2.24, 2.45) is 0 Å². The van der Waals surface area contributed by atoms with Gasteiger partial charge in [0, 0.05) is 23.0 Å². The lowest BCUT2D eigenvalue weighted by molar-refractivity contribution is -0.136. The third-order valence-corrected chi connectivity index (χ3v) is 3.37. The number of benzene rings is 1. The van der Waals surface area contributed by atoms with E-state index >= 15 is 0 Å². The lowest BCUT2D eigenvalue weighted by atomic mass is 10.1. The zero-order valence-corrected chi connectivity index (χ0v) is 11.8. The van der Waals surface area contributed by atoms with Crippen molar-refractivity contribution < 1.29 is 9.90 Å². The van der Waals surface area contributed by atoms with Crippen LogP contribution in [0.2, 0.25) is 5.02 Å². The van der Waals surface area contributed by atoms with Gasteiger partial charge in [0.25, 0.3) is 0 Å². The largest absolute Gasteiger partial charge is 0.481 e. The van der Waals surface area contributed by atoms with E-state index in [4.69, 9.17) is 16.7 Å². The Morgan fingerprint density at radius 3 is 2.55 bits per heavy atom. The molecule has 2 rings (SSSR count). The lowest BCUT2D eigenvalue weighted by Gasteiger charge is -2.11. The number of aliphatic carboxylic acids is 1. The van der Waals surface area contributed by atoms with E-state index in [0.29, 0.717) is 18.0 Å². The van der Waals surface area contributed by atoms with Crippen LogP contribution in [-0.2, 0) is 17.8 Å². The lowest BCUT2D eigenvalue weighted by Crippen LogP contribution is -2.06. The molecule has 0 unspecified atom stereocenters. The van der Waals surface area contributed by atoms with Crippen molar-refractivity contribution in [2.75, 3.05) is 0 Å². The van der Waals surface area contributed by atoms with Gasteiger partial charge in [-0.2, -0.15) is 0 Å². The summed E-state index contributed by atoms with van der Waals surface area (Å²) < 4.78 is 2.08. The average Bonchev–Trinajstić information content (AvgIpc) is 2.81. The topological polar surface area (TPSA) is 42.2 Å². The van der Waals surface area contributed by atoms with Crippen molar-refractivity contribution in [3.05, 3.63) is 59.8 Å². The van der Waals surface area contributed by atoms with Crippen LogP contribution < -0.4 is 0 Å². The molecule has 2 aromatic rings. The van der Waals surface area contributed by atoms with Gasteiger partial charge in [0.05, 0.1) is 6.42 Å². The van der Waals surface area contributed by atoms with E-state index in [1.54, 1.807) is 0 Å². The number of hydrogen-bond donors (Lipinski definition) is 1. The second-order valence-corrected chi connectivity index (χ2v) is 4.95. The summed E-state index contributed by atoms with van der Waals surface area (Å²) in [5.74, 6) is -0.788. The zero-order chi connectivity index (χ0) is 14.5. The first-order valence-corrected chi connectivity index (χ1v) is 6.76. The maximum Gasteiger partial charge on any atom is 0.303 e. The van der Waals surface area contributed by atoms with Crippen molar-refractivity contribution in [1.82, 2.24) is 4.57 Å². The summed E-state index contributed by atoms with van der Waals surface area (Å²) in [5, 5.41) is 9.50. The van der Waals surface area contributed by atoms with Gasteiger partial charge >= 0.3 is 5.97 Å². The third-order valence-electron chi connectivity index (χ3n) is 3.12. The van der Waals surface area contributed by atoms with Crippen LogP contribution in [0.1, 0.15) is 12.1 Å². The number of hydrogen-bond acceptors (Lipinski definition) is 1. The SMILES string of the molecule is C=CCn1c(CCC(=O)O)ccc1-c1ccc(Cl)cc1. The first-order chi connectivity index (χ1) is 9.61. The maximum absolute atomic E-state index is 10.7. The standard InChI is InChI=1S/C16H16ClNO2/c1-2-11-18-14(8-10-16(19)20)7-9-15(18)12-3-5-13(17)6-4-12/h2-7,9H,1,8,10-11H2,(H,19,20). The molecule has 1 heterocycles. The summed E-state index contributed by atoms with van der Waals surface area (Å²) >= 11 is 5.90. The summed E-state index contributed by atoms with van der Waals surface area (Å²) in [7, 11) is 0. The molecule has 0 fully saturated rings. The molecule has 0 bridgehead atoms. The fourth-order valence-corrected chi connectivity index (χ4v) is 2.31. The second kappa shape index (κ2) is 6.44. The molecular weight excluding hydrogens is 274 g/mol. The van der Waals surface area contributed by atoms with Crippen LogP contribution in [0.3, 0.4) is 0 Å². The Morgan fingerprint density at radius 1 is 1.25 bits per heavy atom. The average molecular weight is 290 g/mol. The maximum atomic E-state index is 10.7. The smallest absolute Gasteiger partial charge is 0.303 e. The first kappa shape index (κ1) is 14.4. The fourth-order valence-electron chi connectivity index (χ4n) is 2.18. The Hall–Kier alpha value is -2.00. The Bertz CT molecular complexity index is 614. The van der Waals surface area contributed by atoms with Crippen molar-refractivity contribution in [3.8, 4) is 11.3 Å². The highest BCUT2D eigenvalue weighted by atomic mass is 35.5. The minimum atomic E-state index is -0.788. The third kappa shape index (κ3) is 3.31. The Labute approximate surface area is 123 Å². The molecule has 0 atom stereocenters. The number of carboxylic acids is 1. The molecule has 0 aliphatic rings. The van der Waals surface area contributed by atoms with Gasteiger partial charge in [-0.15, -0.1) is 6.58 Å². The summed E-state index contributed by atoms with van der Waals surface area (Å²) in [5.41, 5.74) is 3.09. The minimum absolute atomic E-state index is 0.126. The van der Waals surface area contributed by atoms with E-state index in [2.05, 4.69) is 11.1 Å². The van der Waals surface area contributed by atoms with Gasteiger partial charge in [-0.05, 0) is 36.2 Å². The second-order valence-electron chi connectivity index (χ2n) is 4.51. The number of halogens is 1. The molecule has 1 aromatic heterocycles. The molecule has 1 N–H and O–H groups in total. The Balaban J connectivity index is 2.35. The Morgan fingerprint density at radius 2 is 1.95 bits per heavy atom. The van der Waals surface area contributed by atoms with Crippen LogP contribution in [-0.4, -0.2) is 15.6 Å². The molecule has 0 spiro atoms. The molecule has 3 nitrogen and oxygen atoms in total. The summed E-state index contributed by atoms with van der Waals surface area (Å²) in [4.78, 5) is 10.7. The summed E-state index contributed by atoms with van der Waals surface area (Å²) in [6.45, 7) is 4.42. The van der Waals surface area contributed by atoms with Crippen LogP contribution >= 0.6 is 11.6 Å². The van der Waals surface area contributed by atoms with E-state index in [-0.39, 0.29) is 6.42 Å². The van der Waals surface area contributed by atoms with Crippen LogP contribution in [0.4, 0.5) is 0 Å². The highest BCUT2D eigenvalue weighted by molar-refractivity contribution is 6.30. The normalized spacial score (nSPS) is 10.4. The van der Waals surface area contributed by atoms with Gasteiger partial charge in [-0.3, -0.25) is 4.79 Å². The van der Waals surface area contributed by atoms with E-state index in [1.807, 2.05) is 42.5 Å². The number of rotatable bonds is 6. The van der Waals surface area contributed by atoms with Gasteiger partial charge in [-0.25, -0.2) is 0 Å². The van der Waals surface area contributed by atoms with Gasteiger partial charge in [0.1, 0.15) is 0 Å². The quantitative estimate of drug-likeness (QED) is 0.816. The minimum Gasteiger partial charge on any atom is -0.481 e. The summed E-state index contributed by atoms with van der Waals surface area (Å²) in [6.07, 6.45) is 2.45. The van der Waals surface area contributed by atoms with E-state index < -0.39 is 5.97 Å². The molecule has 104 valence electrons. The van der Waals surface area contributed by atoms with Crippen molar-refractivity contribution in [1.29, 1.82) is 0 Å². The molecule has 4 heteroatoms. The molecule has 1 aromatic carbocycles. The zero-order valence-electron chi connectivity index (χ0n) is 11.1. The van der Waals surface area contributed by atoms with Crippen LogP contribution in [0, 0.1) is 0 Å². The first-order valence-electron chi connectivity index (χ1n) is 6.39. The highest BCUT2D eigenvalue weighted by Crippen LogP contribution is 2.25. The molecule has 0 aliphatic carbocycles. The number of carbonyl (C=O) groups is 1. The highest BCUT2D eigenvalue weighted by Gasteiger charge is 2.10. The monoisotopic (exact) mass is 289 g/mol. The van der Waals surface area contributed by atoms with E-state index in [1.165, 1.54) is 0 Å². The van der Waals surface area contributed by atoms with Crippen LogP contribution in [0.25, 0.3) is 11.3 Å².